The molecule has 1 heteroatoms. The molecule has 0 fully saturated rings. The van der Waals surface area contributed by atoms with Crippen molar-refractivity contribution in [1.29, 1.82) is 0 Å². The molecule has 0 saturated heterocycles. The molecule has 0 spiro atoms. The molecule has 0 heterocycles. The Kier molecular flexibility index (Phi) is 7.57. The van der Waals surface area contributed by atoms with Gasteiger partial charge in [-0.25, -0.2) is 0 Å². The summed E-state index contributed by atoms with van der Waals surface area (Å²) >= 11 is 0. The van der Waals surface area contributed by atoms with E-state index in [2.05, 4.69) is 209 Å². The second-order valence-corrected chi connectivity index (χ2v) is 14.2. The minimum atomic E-state index is -0.0527. The summed E-state index contributed by atoms with van der Waals surface area (Å²) in [6, 6.07) is 64.1. The summed E-state index contributed by atoms with van der Waals surface area (Å²) in [4.78, 5) is 2.42. The summed E-state index contributed by atoms with van der Waals surface area (Å²) in [6.45, 7) is 9.61. The summed E-state index contributed by atoms with van der Waals surface area (Å²) in [5.74, 6) is 0. The van der Waals surface area contributed by atoms with Crippen LogP contribution < -0.4 is 4.90 Å². The van der Waals surface area contributed by atoms with E-state index in [1.54, 1.807) is 0 Å². The van der Waals surface area contributed by atoms with Crippen LogP contribution in [0.3, 0.4) is 0 Å². The van der Waals surface area contributed by atoms with Gasteiger partial charge in [-0.2, -0.15) is 0 Å². The zero-order valence-electron chi connectivity index (χ0n) is 28.7. The second-order valence-electron chi connectivity index (χ2n) is 14.2. The summed E-state index contributed by atoms with van der Waals surface area (Å²) in [5.41, 5.74) is 16.0. The average Bonchev–Trinajstić information content (AvgIpc) is 3.15. The SMILES string of the molecule is CC1(C)c2ccccc2-c2ccc(-c3cccc(N(c4cccc(-c5ccccc5)c4)c4ccccc4-c4ccccc4)c3)cc2C1(C)C. The van der Waals surface area contributed by atoms with Crippen LogP contribution in [0.5, 0.6) is 0 Å². The molecule has 0 unspecified atom stereocenters. The lowest BCUT2D eigenvalue weighted by Gasteiger charge is -2.48. The second kappa shape index (κ2) is 12.1. The highest BCUT2D eigenvalue weighted by Gasteiger charge is 2.45. The fraction of sp³-hybridized carbons (Fsp3) is 0.125. The van der Waals surface area contributed by atoms with E-state index in [1.807, 2.05) is 0 Å². The van der Waals surface area contributed by atoms with Crippen LogP contribution in [0.25, 0.3) is 44.5 Å². The number of hydrogen-bond donors (Lipinski definition) is 0. The third kappa shape index (κ3) is 5.27. The van der Waals surface area contributed by atoms with Gasteiger partial charge in [-0.1, -0.05) is 167 Å². The highest BCUT2D eigenvalue weighted by molar-refractivity contribution is 5.90. The van der Waals surface area contributed by atoms with Gasteiger partial charge in [0.25, 0.3) is 0 Å². The van der Waals surface area contributed by atoms with Gasteiger partial charge in [0, 0.05) is 16.9 Å². The number of fused-ring (bicyclic) bond motifs is 3. The maximum Gasteiger partial charge on any atom is 0.0540 e. The van der Waals surface area contributed by atoms with Gasteiger partial charge in [-0.3, -0.25) is 0 Å². The van der Waals surface area contributed by atoms with Crippen molar-refractivity contribution in [2.45, 2.75) is 38.5 Å². The molecule has 0 aromatic heterocycles. The smallest absolute Gasteiger partial charge is 0.0540 e. The van der Waals surface area contributed by atoms with E-state index in [-0.39, 0.29) is 10.8 Å². The molecule has 7 aromatic carbocycles. The molecule has 0 saturated carbocycles. The van der Waals surface area contributed by atoms with Crippen molar-refractivity contribution in [3.8, 4) is 44.5 Å². The van der Waals surface area contributed by atoms with Crippen molar-refractivity contribution in [3.05, 3.63) is 187 Å². The Morgan fingerprint density at radius 2 is 0.796 bits per heavy atom. The first-order valence-electron chi connectivity index (χ1n) is 17.3. The van der Waals surface area contributed by atoms with Crippen LogP contribution in [0.15, 0.2) is 176 Å². The quantitative estimate of drug-likeness (QED) is 0.176. The third-order valence-corrected chi connectivity index (χ3v) is 11.0. The lowest BCUT2D eigenvalue weighted by molar-refractivity contribution is 0.299. The molecule has 0 atom stereocenters. The largest absolute Gasteiger partial charge is 0.310 e. The Morgan fingerprint density at radius 1 is 0.327 bits per heavy atom. The molecule has 0 bridgehead atoms. The summed E-state index contributed by atoms with van der Waals surface area (Å²) in [7, 11) is 0. The van der Waals surface area contributed by atoms with Gasteiger partial charge in [-0.05, 0) is 97.3 Å². The predicted molar refractivity (Wildman–Crippen MR) is 209 cm³/mol. The lowest BCUT2D eigenvalue weighted by atomic mass is 9.55. The fourth-order valence-corrected chi connectivity index (χ4v) is 7.65. The molecule has 0 aliphatic heterocycles. The van der Waals surface area contributed by atoms with Gasteiger partial charge >= 0.3 is 0 Å². The van der Waals surface area contributed by atoms with E-state index in [9.17, 15) is 0 Å². The number of nitrogens with zero attached hydrogens (tertiary/aromatic N) is 1. The Labute approximate surface area is 291 Å². The van der Waals surface area contributed by atoms with Crippen molar-refractivity contribution >= 4 is 17.1 Å². The van der Waals surface area contributed by atoms with E-state index in [0.29, 0.717) is 0 Å². The molecule has 1 aliphatic carbocycles. The first kappa shape index (κ1) is 30.7. The Hall–Kier alpha value is -5.66. The molecule has 1 aliphatic rings. The fourth-order valence-electron chi connectivity index (χ4n) is 7.65. The van der Waals surface area contributed by atoms with Crippen LogP contribution in [0.4, 0.5) is 17.1 Å². The molecule has 0 amide bonds. The minimum Gasteiger partial charge on any atom is -0.310 e. The maximum absolute atomic E-state index is 2.45. The van der Waals surface area contributed by atoms with Gasteiger partial charge < -0.3 is 4.90 Å². The van der Waals surface area contributed by atoms with Gasteiger partial charge in [0.15, 0.2) is 0 Å². The number of rotatable bonds is 6. The number of anilines is 3. The van der Waals surface area contributed by atoms with E-state index in [0.717, 1.165) is 17.1 Å². The highest BCUT2D eigenvalue weighted by Crippen LogP contribution is 2.54. The summed E-state index contributed by atoms with van der Waals surface area (Å²) < 4.78 is 0. The Balaban J connectivity index is 1.30. The standard InChI is InChI=1S/C48H41N/c1-47(2)44-27-13-11-26-42(44)43-30-29-38(33-45(43)48(47,3)4)37-22-16-24-40(32-37)49(39-23-15-21-36(31-39)34-17-7-5-8-18-34)46-28-14-12-25-41(46)35-19-9-6-10-20-35/h5-33H,1-4H3. The van der Waals surface area contributed by atoms with Crippen molar-refractivity contribution in [1.82, 2.24) is 0 Å². The Bertz CT molecular complexity index is 2280. The first-order chi connectivity index (χ1) is 23.8. The van der Waals surface area contributed by atoms with Gasteiger partial charge in [0.05, 0.1) is 5.69 Å². The predicted octanol–water partition coefficient (Wildman–Crippen LogP) is 13.4. The topological polar surface area (TPSA) is 3.24 Å². The monoisotopic (exact) mass is 631 g/mol. The van der Waals surface area contributed by atoms with E-state index >= 15 is 0 Å². The normalized spacial score (nSPS) is 14.0. The van der Waals surface area contributed by atoms with Crippen molar-refractivity contribution in [2.75, 3.05) is 4.90 Å². The molecule has 0 N–H and O–H groups in total. The van der Waals surface area contributed by atoms with Crippen LogP contribution in [-0.4, -0.2) is 0 Å². The van der Waals surface area contributed by atoms with Crippen molar-refractivity contribution in [3.63, 3.8) is 0 Å². The van der Waals surface area contributed by atoms with E-state index in [4.69, 9.17) is 0 Å². The molecular formula is C48H41N. The lowest BCUT2D eigenvalue weighted by Crippen LogP contribution is -2.43. The first-order valence-corrected chi connectivity index (χ1v) is 17.3. The van der Waals surface area contributed by atoms with Crippen LogP contribution in [-0.2, 0) is 10.8 Å². The molecule has 1 nitrogen and oxygen atoms in total. The molecular weight excluding hydrogens is 591 g/mol. The Morgan fingerprint density at radius 3 is 1.47 bits per heavy atom. The molecule has 0 radical (unpaired) electrons. The minimum absolute atomic E-state index is 0.0151. The van der Waals surface area contributed by atoms with Gasteiger partial charge in [0.1, 0.15) is 0 Å². The van der Waals surface area contributed by atoms with Crippen molar-refractivity contribution in [2.24, 2.45) is 0 Å². The third-order valence-electron chi connectivity index (χ3n) is 11.0. The van der Waals surface area contributed by atoms with Crippen LogP contribution in [0.1, 0.15) is 38.8 Å². The summed E-state index contributed by atoms with van der Waals surface area (Å²) in [5, 5.41) is 0. The van der Waals surface area contributed by atoms with Crippen LogP contribution in [0, 0.1) is 0 Å². The van der Waals surface area contributed by atoms with Gasteiger partial charge in [0.2, 0.25) is 0 Å². The number of para-hydroxylation sites is 1. The molecule has 49 heavy (non-hydrogen) atoms. The summed E-state index contributed by atoms with van der Waals surface area (Å²) in [6.07, 6.45) is 0. The van der Waals surface area contributed by atoms with Crippen LogP contribution in [0.2, 0.25) is 0 Å². The van der Waals surface area contributed by atoms with E-state index in [1.165, 1.54) is 55.6 Å². The maximum atomic E-state index is 2.45. The van der Waals surface area contributed by atoms with Crippen LogP contribution >= 0.6 is 0 Å². The molecule has 7 aromatic rings. The molecule has 238 valence electrons. The zero-order chi connectivity index (χ0) is 33.6. The number of benzene rings is 7. The number of hydrogen-bond acceptors (Lipinski definition) is 1. The molecule has 8 rings (SSSR count). The van der Waals surface area contributed by atoms with Gasteiger partial charge in [-0.15, -0.1) is 0 Å². The van der Waals surface area contributed by atoms with E-state index < -0.39 is 0 Å². The average molecular weight is 632 g/mol. The zero-order valence-corrected chi connectivity index (χ0v) is 28.7. The highest BCUT2D eigenvalue weighted by atomic mass is 15.1. The van der Waals surface area contributed by atoms with Crippen molar-refractivity contribution < 1.29 is 0 Å².